The minimum absolute atomic E-state index is 0.00201. The standard InChI is InChI=1S/C22H32N8O/c1-23-14-29(4)17-9-10-19(24-13-17)26-22-25-12-15-11-18(21(31)28(2)3)30(20(15)27-22)16-7-5-6-8-16/h11-13,16,23H,5-10,14H2,1-4H3,(H,24,25,26,27)/p+1. The van der Waals surface area contributed by atoms with E-state index in [1.54, 1.807) is 25.2 Å². The number of carbonyl (C=O) groups excluding carboxylic acids is 1. The number of allylic oxidation sites excluding steroid dienone is 1. The van der Waals surface area contributed by atoms with E-state index in [0.29, 0.717) is 17.7 Å². The molecule has 9 nitrogen and oxygen atoms in total. The lowest BCUT2D eigenvalue weighted by molar-refractivity contribution is -0.642. The third kappa shape index (κ3) is 4.41. The zero-order valence-electron chi connectivity index (χ0n) is 18.9. The quantitative estimate of drug-likeness (QED) is 0.688. The fourth-order valence-corrected chi connectivity index (χ4v) is 4.43. The van der Waals surface area contributed by atoms with Gasteiger partial charge < -0.3 is 25.0 Å². The second-order valence-electron chi connectivity index (χ2n) is 8.62. The number of amides is 1. The van der Waals surface area contributed by atoms with Crippen molar-refractivity contribution in [1.29, 1.82) is 0 Å². The van der Waals surface area contributed by atoms with Crippen molar-refractivity contribution in [2.45, 2.75) is 44.6 Å². The van der Waals surface area contributed by atoms with Crippen molar-refractivity contribution in [3.8, 4) is 0 Å². The summed E-state index contributed by atoms with van der Waals surface area (Å²) < 4.78 is 2.13. The average Bonchev–Trinajstić information content (AvgIpc) is 3.41. The van der Waals surface area contributed by atoms with Crippen LogP contribution >= 0.6 is 0 Å². The smallest absolute Gasteiger partial charge is 0.270 e. The molecule has 0 atom stereocenters. The van der Waals surface area contributed by atoms with E-state index in [9.17, 15) is 4.79 Å². The van der Waals surface area contributed by atoms with Crippen LogP contribution in [0.4, 0.5) is 5.95 Å². The average molecular weight is 426 g/mol. The van der Waals surface area contributed by atoms with E-state index < -0.39 is 0 Å². The van der Waals surface area contributed by atoms with Crippen LogP contribution in [0.25, 0.3) is 11.0 Å². The highest BCUT2D eigenvalue weighted by atomic mass is 16.2. The number of rotatable bonds is 6. The van der Waals surface area contributed by atoms with Gasteiger partial charge in [0.1, 0.15) is 17.2 Å². The van der Waals surface area contributed by atoms with Gasteiger partial charge in [0.05, 0.1) is 7.05 Å². The molecular formula is C22H33N8O+. The molecule has 31 heavy (non-hydrogen) atoms. The van der Waals surface area contributed by atoms with E-state index in [1.165, 1.54) is 18.5 Å². The van der Waals surface area contributed by atoms with E-state index in [0.717, 1.165) is 49.2 Å². The summed E-state index contributed by atoms with van der Waals surface area (Å²) in [5, 5.41) is 6.32. The Balaban J connectivity index is 1.63. The second-order valence-corrected chi connectivity index (χ2v) is 8.62. The maximum Gasteiger partial charge on any atom is 0.270 e. The van der Waals surface area contributed by atoms with Gasteiger partial charge in [-0.1, -0.05) is 12.8 Å². The zero-order valence-corrected chi connectivity index (χ0v) is 18.9. The summed E-state index contributed by atoms with van der Waals surface area (Å²) in [6.45, 7) is 0.913. The molecule has 0 unspecified atom stereocenters. The predicted molar refractivity (Wildman–Crippen MR) is 122 cm³/mol. The number of nitrogens with one attached hydrogen (secondary N) is 1. The van der Waals surface area contributed by atoms with Gasteiger partial charge in [0, 0.05) is 57.1 Å². The van der Waals surface area contributed by atoms with Gasteiger partial charge in [-0.25, -0.2) is 9.98 Å². The van der Waals surface area contributed by atoms with Gasteiger partial charge in [-0.15, -0.1) is 0 Å². The monoisotopic (exact) mass is 425 g/mol. The van der Waals surface area contributed by atoms with Crippen molar-refractivity contribution in [3.05, 3.63) is 29.9 Å². The molecule has 0 radical (unpaired) electrons. The molecule has 1 aliphatic heterocycles. The lowest BCUT2D eigenvalue weighted by atomic mass is 10.2. The maximum atomic E-state index is 12.8. The molecule has 1 saturated carbocycles. The van der Waals surface area contributed by atoms with Crippen LogP contribution in [0.1, 0.15) is 55.1 Å². The van der Waals surface area contributed by atoms with Crippen molar-refractivity contribution in [2.24, 2.45) is 4.99 Å². The van der Waals surface area contributed by atoms with E-state index >= 15 is 0 Å². The highest BCUT2D eigenvalue weighted by Gasteiger charge is 2.26. The van der Waals surface area contributed by atoms with Crippen LogP contribution in [0.5, 0.6) is 0 Å². The summed E-state index contributed by atoms with van der Waals surface area (Å²) in [5.41, 5.74) is 2.74. The summed E-state index contributed by atoms with van der Waals surface area (Å²) in [6, 6.07) is 2.23. The lowest BCUT2D eigenvalue weighted by Gasteiger charge is -2.22. The molecule has 0 spiro atoms. The molecule has 2 aromatic rings. The molecule has 9 heteroatoms. The molecule has 3 N–H and O–H groups in total. The van der Waals surface area contributed by atoms with E-state index in [-0.39, 0.29) is 5.91 Å². The van der Waals surface area contributed by atoms with Gasteiger partial charge in [-0.05, 0) is 25.3 Å². The van der Waals surface area contributed by atoms with Gasteiger partial charge in [0.25, 0.3) is 5.91 Å². The summed E-state index contributed by atoms with van der Waals surface area (Å²) >= 11 is 0. The molecule has 1 amide bonds. The first-order valence-corrected chi connectivity index (χ1v) is 11.1. The van der Waals surface area contributed by atoms with E-state index in [1.807, 2.05) is 12.3 Å². The van der Waals surface area contributed by atoms with Gasteiger partial charge in [0.2, 0.25) is 5.95 Å². The molecular weight excluding hydrogens is 392 g/mol. The molecule has 1 aliphatic carbocycles. The zero-order chi connectivity index (χ0) is 22.0. The number of hydrogen-bond acceptors (Lipinski definition) is 6. The molecule has 0 saturated heterocycles. The van der Waals surface area contributed by atoms with Crippen molar-refractivity contribution >= 4 is 28.7 Å². The summed E-state index contributed by atoms with van der Waals surface area (Å²) in [5.74, 6) is 1.39. The van der Waals surface area contributed by atoms with Crippen LogP contribution in [-0.2, 0) is 0 Å². The van der Waals surface area contributed by atoms with Crippen molar-refractivity contribution < 1.29 is 10.1 Å². The molecule has 2 aromatic heterocycles. The lowest BCUT2D eigenvalue weighted by Crippen LogP contribution is -2.82. The minimum Gasteiger partial charge on any atom is -0.343 e. The first kappa shape index (κ1) is 21.3. The van der Waals surface area contributed by atoms with E-state index in [4.69, 9.17) is 4.98 Å². The number of nitrogens with zero attached hydrogens (tertiary/aromatic N) is 6. The Morgan fingerprint density at radius 3 is 2.68 bits per heavy atom. The molecule has 166 valence electrons. The first-order valence-electron chi connectivity index (χ1n) is 11.1. The molecule has 0 bridgehead atoms. The van der Waals surface area contributed by atoms with Crippen LogP contribution < -0.4 is 10.6 Å². The largest absolute Gasteiger partial charge is 0.343 e. The van der Waals surface area contributed by atoms with E-state index in [2.05, 4.69) is 44.2 Å². The number of amidine groups is 1. The number of hydrogen-bond donors (Lipinski definition) is 2. The molecule has 2 aliphatic rings. The Bertz CT molecular complexity index is 1020. The number of fused-ring (bicyclic) bond motifs is 1. The number of aliphatic imine (C=N–C) groups is 1. The van der Waals surface area contributed by atoms with Crippen LogP contribution in [-0.4, -0.2) is 70.9 Å². The normalized spacial score (nSPS) is 16.9. The highest BCUT2D eigenvalue weighted by molar-refractivity contribution is 5.99. The van der Waals surface area contributed by atoms with Crippen molar-refractivity contribution in [2.75, 3.05) is 40.2 Å². The third-order valence-corrected chi connectivity index (χ3v) is 6.08. The minimum atomic E-state index is 0.00201. The molecule has 3 heterocycles. The second kappa shape index (κ2) is 9.05. The topological polar surface area (TPSA) is 95.3 Å². The Hall–Kier alpha value is -2.94. The number of nitrogens with two attached hydrogens (primary N) is 1. The first-order chi connectivity index (χ1) is 15.0. The summed E-state index contributed by atoms with van der Waals surface area (Å²) in [4.78, 5) is 30.6. The van der Waals surface area contributed by atoms with Gasteiger partial charge >= 0.3 is 0 Å². The fourth-order valence-electron chi connectivity index (χ4n) is 4.43. The summed E-state index contributed by atoms with van der Waals surface area (Å²) in [7, 11) is 7.72. The number of quaternary nitrogens is 1. The highest BCUT2D eigenvalue weighted by Crippen LogP contribution is 2.34. The Morgan fingerprint density at radius 1 is 1.26 bits per heavy atom. The SMILES string of the molecule is C[NH2+]CN(C)C1=CN=C(Nc2ncc3cc(C(=O)N(C)C)n(C4CCCC4)c3n2)CC1. The van der Waals surface area contributed by atoms with Crippen LogP contribution in [0.3, 0.4) is 0 Å². The number of anilines is 1. The summed E-state index contributed by atoms with van der Waals surface area (Å²) in [6.07, 6.45) is 9.99. The fraction of sp³-hybridized carbons (Fsp3) is 0.545. The van der Waals surface area contributed by atoms with Crippen molar-refractivity contribution in [1.82, 2.24) is 24.3 Å². The van der Waals surface area contributed by atoms with Crippen LogP contribution in [0.2, 0.25) is 0 Å². The molecule has 1 fully saturated rings. The molecule has 4 rings (SSSR count). The predicted octanol–water partition coefficient (Wildman–Crippen LogP) is 1.78. The Morgan fingerprint density at radius 2 is 2.03 bits per heavy atom. The number of carbonyl (C=O) groups is 1. The van der Waals surface area contributed by atoms with Crippen LogP contribution in [0.15, 0.2) is 29.2 Å². The van der Waals surface area contributed by atoms with Crippen molar-refractivity contribution in [3.63, 3.8) is 0 Å². The van der Waals surface area contributed by atoms with Gasteiger partial charge in [-0.3, -0.25) is 4.79 Å². The Kier molecular flexibility index (Phi) is 6.22. The van der Waals surface area contributed by atoms with Crippen LogP contribution in [0, 0.1) is 0 Å². The Labute approximate surface area is 183 Å². The van der Waals surface area contributed by atoms with Gasteiger partial charge in [0.15, 0.2) is 6.67 Å². The maximum absolute atomic E-state index is 12.8. The molecule has 0 aromatic carbocycles. The third-order valence-electron chi connectivity index (χ3n) is 6.08. The number of aromatic nitrogens is 3. The van der Waals surface area contributed by atoms with Gasteiger partial charge in [-0.2, -0.15) is 4.98 Å².